The van der Waals surface area contributed by atoms with Gasteiger partial charge in [0.1, 0.15) is 11.3 Å². The van der Waals surface area contributed by atoms with Gasteiger partial charge in [0.15, 0.2) is 11.3 Å². The maximum Gasteiger partial charge on any atom is 0.200 e. The van der Waals surface area contributed by atoms with Gasteiger partial charge in [-0.25, -0.2) is 0 Å². The predicted molar refractivity (Wildman–Crippen MR) is 140 cm³/mol. The van der Waals surface area contributed by atoms with Gasteiger partial charge < -0.3 is 24.1 Å². The van der Waals surface area contributed by atoms with Crippen molar-refractivity contribution < 1.29 is 13.9 Å². The average Bonchev–Trinajstić information content (AvgIpc) is 2.91. The number of nitrogens with one attached hydrogen (secondary N) is 1. The van der Waals surface area contributed by atoms with Crippen LogP contribution in [0.3, 0.4) is 0 Å². The number of benzene rings is 2. The summed E-state index contributed by atoms with van der Waals surface area (Å²) >= 11 is 0. The number of hydrogen-bond acceptors (Lipinski definition) is 6. The highest BCUT2D eigenvalue weighted by atomic mass is 16.5. The predicted octanol–water partition coefficient (Wildman–Crippen LogP) is 4.89. The zero-order valence-electron chi connectivity index (χ0n) is 20.6. The number of hydrogen-bond donors (Lipinski definition) is 1. The molecule has 2 saturated heterocycles. The number of rotatable bonds is 8. The standard InChI is InChI=1S/C29H36N2O4/c1-2-6-25-27(34-16-12-23-19-22(11-13-30-23)21-7-4-3-5-8-21)10-9-24-26(32)20-28(35-29(24)25)31-14-17-33-18-15-31/h3-5,7-10,20,22-23,30H,2,6,11-19H2,1H3. The SMILES string of the molecule is CCCc1c(OCCC2CC(c3ccccc3)CCN2)ccc2c(=O)cc(N3CCOCC3)oc12. The number of ether oxygens (including phenoxy) is 2. The molecule has 0 spiro atoms. The number of fused-ring (bicyclic) bond motifs is 1. The van der Waals surface area contributed by atoms with E-state index in [0.717, 1.165) is 56.6 Å². The molecule has 3 heterocycles. The van der Waals surface area contributed by atoms with E-state index in [0.29, 0.717) is 48.6 Å². The van der Waals surface area contributed by atoms with Crippen LogP contribution in [0.15, 0.2) is 57.7 Å². The van der Waals surface area contributed by atoms with Gasteiger partial charge in [-0.3, -0.25) is 4.79 Å². The van der Waals surface area contributed by atoms with Crippen LogP contribution in [0.2, 0.25) is 0 Å². The van der Waals surface area contributed by atoms with Crippen LogP contribution in [0, 0.1) is 0 Å². The number of anilines is 1. The second kappa shape index (κ2) is 11.3. The van der Waals surface area contributed by atoms with Crippen molar-refractivity contribution in [3.8, 4) is 5.75 Å². The van der Waals surface area contributed by atoms with E-state index in [1.54, 1.807) is 6.07 Å². The van der Waals surface area contributed by atoms with E-state index in [-0.39, 0.29) is 5.43 Å². The van der Waals surface area contributed by atoms with Gasteiger partial charge in [0, 0.05) is 30.8 Å². The van der Waals surface area contributed by atoms with Crippen LogP contribution >= 0.6 is 0 Å². The highest BCUT2D eigenvalue weighted by Gasteiger charge is 2.23. The first-order chi connectivity index (χ1) is 17.2. The first-order valence-electron chi connectivity index (χ1n) is 13.1. The molecule has 2 aromatic carbocycles. The quantitative estimate of drug-likeness (QED) is 0.500. The molecule has 0 bridgehead atoms. The lowest BCUT2D eigenvalue weighted by atomic mass is 9.85. The molecule has 0 aliphatic carbocycles. The maximum absolute atomic E-state index is 12.9. The summed E-state index contributed by atoms with van der Waals surface area (Å²) in [6.45, 7) is 6.56. The Labute approximate surface area is 207 Å². The molecule has 2 atom stereocenters. The maximum atomic E-state index is 12.9. The first kappa shape index (κ1) is 23.9. The molecule has 6 heteroatoms. The zero-order chi connectivity index (χ0) is 24.0. The molecule has 1 aromatic heterocycles. The molecule has 1 N–H and O–H groups in total. The fourth-order valence-electron chi connectivity index (χ4n) is 5.37. The third-order valence-corrected chi connectivity index (χ3v) is 7.26. The van der Waals surface area contributed by atoms with Gasteiger partial charge in [-0.05, 0) is 55.8 Å². The smallest absolute Gasteiger partial charge is 0.200 e. The molecule has 0 amide bonds. The fourth-order valence-corrected chi connectivity index (χ4v) is 5.37. The Balaban J connectivity index is 1.31. The Morgan fingerprint density at radius 1 is 1.11 bits per heavy atom. The van der Waals surface area contributed by atoms with Gasteiger partial charge in [0.25, 0.3) is 0 Å². The van der Waals surface area contributed by atoms with Crippen molar-refractivity contribution >= 4 is 16.9 Å². The van der Waals surface area contributed by atoms with Crippen LogP contribution < -0.4 is 20.4 Å². The fraction of sp³-hybridized carbons (Fsp3) is 0.483. The molecule has 0 saturated carbocycles. The summed E-state index contributed by atoms with van der Waals surface area (Å²) in [5.74, 6) is 2.06. The second-order valence-electron chi connectivity index (χ2n) is 9.64. The Bertz CT molecular complexity index is 1170. The zero-order valence-corrected chi connectivity index (χ0v) is 20.6. The van der Waals surface area contributed by atoms with Crippen LogP contribution in [-0.2, 0) is 11.2 Å². The van der Waals surface area contributed by atoms with Crippen molar-refractivity contribution in [3.05, 3.63) is 69.9 Å². The number of aryl methyl sites for hydroxylation is 1. The molecule has 6 nitrogen and oxygen atoms in total. The minimum Gasteiger partial charge on any atom is -0.493 e. The van der Waals surface area contributed by atoms with Crippen molar-refractivity contribution in [1.82, 2.24) is 5.32 Å². The molecule has 2 unspecified atom stereocenters. The van der Waals surface area contributed by atoms with Crippen LogP contribution in [0.1, 0.15) is 49.7 Å². The van der Waals surface area contributed by atoms with Crippen LogP contribution in [0.4, 0.5) is 5.88 Å². The van der Waals surface area contributed by atoms with Gasteiger partial charge in [0.2, 0.25) is 0 Å². The molecule has 2 fully saturated rings. The van der Waals surface area contributed by atoms with Gasteiger partial charge in [0.05, 0.1) is 25.2 Å². The van der Waals surface area contributed by atoms with Crippen molar-refractivity contribution in [2.24, 2.45) is 0 Å². The van der Waals surface area contributed by atoms with E-state index in [1.165, 1.54) is 12.0 Å². The number of morpholine rings is 1. The molecule has 35 heavy (non-hydrogen) atoms. The summed E-state index contributed by atoms with van der Waals surface area (Å²) in [5.41, 5.74) is 3.09. The highest BCUT2D eigenvalue weighted by molar-refractivity contribution is 5.83. The summed E-state index contributed by atoms with van der Waals surface area (Å²) < 4.78 is 18.1. The van der Waals surface area contributed by atoms with Gasteiger partial charge >= 0.3 is 0 Å². The Morgan fingerprint density at radius 3 is 2.74 bits per heavy atom. The Hall–Kier alpha value is -2.83. The molecule has 2 aliphatic heterocycles. The monoisotopic (exact) mass is 476 g/mol. The minimum absolute atomic E-state index is 0.00463. The first-order valence-corrected chi connectivity index (χ1v) is 13.1. The molecular formula is C29H36N2O4. The summed E-state index contributed by atoms with van der Waals surface area (Å²) in [6.07, 6.45) is 5.01. The average molecular weight is 477 g/mol. The number of nitrogens with zero attached hydrogens (tertiary/aromatic N) is 1. The summed E-state index contributed by atoms with van der Waals surface area (Å²) in [4.78, 5) is 15.0. The lowest BCUT2D eigenvalue weighted by Gasteiger charge is -2.31. The number of piperidine rings is 1. The third kappa shape index (κ3) is 5.54. The molecular weight excluding hydrogens is 440 g/mol. The summed E-state index contributed by atoms with van der Waals surface area (Å²) in [7, 11) is 0. The molecule has 2 aliphatic rings. The lowest BCUT2D eigenvalue weighted by molar-refractivity contribution is 0.121. The second-order valence-corrected chi connectivity index (χ2v) is 9.64. The molecule has 186 valence electrons. The van der Waals surface area contributed by atoms with Crippen molar-refractivity contribution in [3.63, 3.8) is 0 Å². The topological polar surface area (TPSA) is 63.9 Å². The van der Waals surface area contributed by atoms with Crippen LogP contribution in [0.5, 0.6) is 5.75 Å². The molecule has 0 radical (unpaired) electrons. The lowest BCUT2D eigenvalue weighted by Crippen LogP contribution is -2.38. The Morgan fingerprint density at radius 2 is 1.94 bits per heavy atom. The third-order valence-electron chi connectivity index (χ3n) is 7.26. The molecule has 3 aromatic rings. The summed E-state index contributed by atoms with van der Waals surface area (Å²) in [5, 5.41) is 4.29. The van der Waals surface area contributed by atoms with Crippen molar-refractivity contribution in [2.45, 2.75) is 51.0 Å². The van der Waals surface area contributed by atoms with Crippen LogP contribution in [-0.4, -0.2) is 45.5 Å². The normalized spacial score (nSPS) is 20.8. The molecule has 5 rings (SSSR count). The van der Waals surface area contributed by atoms with Crippen LogP contribution in [0.25, 0.3) is 11.0 Å². The highest BCUT2D eigenvalue weighted by Crippen LogP contribution is 2.32. The van der Waals surface area contributed by atoms with E-state index in [1.807, 2.05) is 12.1 Å². The van der Waals surface area contributed by atoms with E-state index >= 15 is 0 Å². The van der Waals surface area contributed by atoms with Gasteiger partial charge in [-0.1, -0.05) is 43.7 Å². The summed E-state index contributed by atoms with van der Waals surface area (Å²) in [6, 6.07) is 16.7. The van der Waals surface area contributed by atoms with E-state index in [9.17, 15) is 4.79 Å². The van der Waals surface area contributed by atoms with Gasteiger partial charge in [-0.2, -0.15) is 0 Å². The van der Waals surface area contributed by atoms with E-state index in [2.05, 4.69) is 47.5 Å². The van der Waals surface area contributed by atoms with E-state index < -0.39 is 0 Å². The van der Waals surface area contributed by atoms with Crippen molar-refractivity contribution in [1.29, 1.82) is 0 Å². The van der Waals surface area contributed by atoms with E-state index in [4.69, 9.17) is 13.9 Å². The van der Waals surface area contributed by atoms with Crippen molar-refractivity contribution in [2.75, 3.05) is 44.4 Å². The minimum atomic E-state index is -0.00463. The van der Waals surface area contributed by atoms with Gasteiger partial charge in [-0.15, -0.1) is 0 Å². The largest absolute Gasteiger partial charge is 0.493 e. The Kier molecular flexibility index (Phi) is 7.69.